The van der Waals surface area contributed by atoms with Crippen molar-refractivity contribution in [1.82, 2.24) is 19.7 Å². The lowest BCUT2D eigenvalue weighted by Crippen LogP contribution is -2.49. The molecule has 11 heteroatoms. The standard InChI is InChI=1S/C19H21N5O5S/c1-12-20-18-23(21-12)17(25)16(30-18)15(13-2-4-14(5-3-13)24(26)27)22-8-6-19(7-9-22)28-10-11-29-19/h2-5,15-16H,6-11H2,1H3. The van der Waals surface area contributed by atoms with Crippen LogP contribution in [-0.4, -0.2) is 67.8 Å². The first-order valence-corrected chi connectivity index (χ1v) is 10.7. The van der Waals surface area contributed by atoms with E-state index in [1.807, 2.05) is 0 Å². The molecule has 0 bridgehead atoms. The van der Waals surface area contributed by atoms with Crippen molar-refractivity contribution in [2.24, 2.45) is 0 Å². The van der Waals surface area contributed by atoms with Gasteiger partial charge in [-0.25, -0.2) is 4.98 Å². The maximum atomic E-state index is 13.1. The van der Waals surface area contributed by atoms with E-state index in [0.29, 0.717) is 50.1 Å². The summed E-state index contributed by atoms with van der Waals surface area (Å²) in [5.74, 6) is -0.0753. The molecule has 1 aromatic heterocycles. The summed E-state index contributed by atoms with van der Waals surface area (Å²) in [4.78, 5) is 30.4. The largest absolute Gasteiger partial charge is 0.347 e. The summed E-state index contributed by atoms with van der Waals surface area (Å²) >= 11 is 1.40. The minimum atomic E-state index is -0.519. The lowest BCUT2D eigenvalue weighted by molar-refractivity contribution is -0.384. The molecule has 10 nitrogen and oxygen atoms in total. The van der Waals surface area contributed by atoms with Crippen molar-refractivity contribution in [3.63, 3.8) is 0 Å². The third-order valence-corrected chi connectivity index (χ3v) is 7.06. The normalized spacial score (nSPS) is 24.3. The topological polar surface area (TPSA) is 113 Å². The fourth-order valence-corrected chi connectivity index (χ4v) is 5.70. The quantitative estimate of drug-likeness (QED) is 0.531. The number of benzene rings is 1. The summed E-state index contributed by atoms with van der Waals surface area (Å²) in [6.45, 7) is 4.36. The number of hydrogen-bond donors (Lipinski definition) is 0. The summed E-state index contributed by atoms with van der Waals surface area (Å²) in [6, 6.07) is 6.20. The van der Waals surface area contributed by atoms with Crippen molar-refractivity contribution >= 4 is 23.4 Å². The highest BCUT2D eigenvalue weighted by atomic mass is 32.2. The number of likely N-dealkylation sites (tertiary alicyclic amines) is 1. The zero-order chi connectivity index (χ0) is 20.9. The van der Waals surface area contributed by atoms with E-state index < -0.39 is 16.0 Å². The molecule has 4 heterocycles. The van der Waals surface area contributed by atoms with E-state index in [1.54, 1.807) is 19.1 Å². The predicted molar refractivity (Wildman–Crippen MR) is 106 cm³/mol. The number of ether oxygens (including phenoxy) is 2. The SMILES string of the molecule is Cc1nc2n(n1)C(=O)C(C(c1ccc([N+](=O)[O-])cc1)N1CCC3(CC1)OCCO3)S2. The molecular weight excluding hydrogens is 410 g/mol. The molecule has 3 aliphatic heterocycles. The first-order chi connectivity index (χ1) is 14.5. The van der Waals surface area contributed by atoms with Crippen LogP contribution in [0.15, 0.2) is 29.4 Å². The summed E-state index contributed by atoms with van der Waals surface area (Å²) in [5, 5.41) is 15.5. The number of nitro benzene ring substituents is 1. The molecule has 2 fully saturated rings. The van der Waals surface area contributed by atoms with Gasteiger partial charge in [-0.1, -0.05) is 23.9 Å². The van der Waals surface area contributed by atoms with E-state index in [1.165, 1.54) is 28.6 Å². The molecule has 5 rings (SSSR count). The van der Waals surface area contributed by atoms with Gasteiger partial charge in [-0.05, 0) is 12.5 Å². The molecule has 0 aliphatic carbocycles. The number of hydrogen-bond acceptors (Lipinski definition) is 9. The van der Waals surface area contributed by atoms with E-state index in [9.17, 15) is 14.9 Å². The minimum Gasteiger partial charge on any atom is -0.347 e. The third kappa shape index (κ3) is 3.31. The van der Waals surface area contributed by atoms with Gasteiger partial charge in [0.25, 0.3) is 11.6 Å². The van der Waals surface area contributed by atoms with Crippen LogP contribution >= 0.6 is 11.8 Å². The van der Waals surface area contributed by atoms with E-state index in [-0.39, 0.29) is 17.6 Å². The lowest BCUT2D eigenvalue weighted by Gasteiger charge is -2.42. The average Bonchev–Trinajstić information content (AvgIpc) is 3.42. The molecule has 0 radical (unpaired) electrons. The van der Waals surface area contributed by atoms with Crippen molar-refractivity contribution in [3.8, 4) is 0 Å². The number of carbonyl (C=O) groups is 1. The summed E-state index contributed by atoms with van der Waals surface area (Å²) < 4.78 is 13.0. The summed E-state index contributed by atoms with van der Waals surface area (Å²) in [6.07, 6.45) is 1.42. The van der Waals surface area contributed by atoms with Gasteiger partial charge >= 0.3 is 0 Å². The van der Waals surface area contributed by atoms with Gasteiger partial charge in [0.1, 0.15) is 11.1 Å². The maximum absolute atomic E-state index is 13.1. The predicted octanol–water partition coefficient (Wildman–Crippen LogP) is 2.19. The maximum Gasteiger partial charge on any atom is 0.269 e. The van der Waals surface area contributed by atoms with Crippen LogP contribution in [0.1, 0.15) is 35.1 Å². The number of fused-ring (bicyclic) bond motifs is 1. The van der Waals surface area contributed by atoms with E-state index in [2.05, 4.69) is 15.0 Å². The van der Waals surface area contributed by atoms with Crippen molar-refractivity contribution in [2.45, 2.75) is 42.0 Å². The van der Waals surface area contributed by atoms with Crippen molar-refractivity contribution < 1.29 is 19.2 Å². The fourth-order valence-electron chi connectivity index (χ4n) is 4.40. The van der Waals surface area contributed by atoms with Crippen molar-refractivity contribution in [3.05, 3.63) is 45.8 Å². The highest BCUT2D eigenvalue weighted by Crippen LogP contribution is 2.43. The minimum absolute atomic E-state index is 0.0264. The zero-order valence-electron chi connectivity index (χ0n) is 16.4. The van der Waals surface area contributed by atoms with E-state index in [0.717, 1.165) is 5.56 Å². The van der Waals surface area contributed by atoms with Gasteiger partial charge in [0.2, 0.25) is 0 Å². The number of non-ortho nitro benzene ring substituents is 1. The molecule has 2 unspecified atom stereocenters. The van der Waals surface area contributed by atoms with Gasteiger partial charge in [-0.15, -0.1) is 5.10 Å². The second-order valence-electron chi connectivity index (χ2n) is 7.67. The molecule has 2 atom stereocenters. The van der Waals surface area contributed by atoms with E-state index in [4.69, 9.17) is 9.47 Å². The van der Waals surface area contributed by atoms with Gasteiger partial charge in [-0.2, -0.15) is 4.68 Å². The Kier molecular flexibility index (Phi) is 4.85. The number of nitrogens with zero attached hydrogens (tertiary/aromatic N) is 5. The molecule has 158 valence electrons. The van der Waals surface area contributed by atoms with Crippen molar-refractivity contribution in [1.29, 1.82) is 0 Å². The van der Waals surface area contributed by atoms with Crippen LogP contribution in [0.2, 0.25) is 0 Å². The fraction of sp³-hybridized carbons (Fsp3) is 0.526. The highest BCUT2D eigenvalue weighted by Gasteiger charge is 2.47. The smallest absolute Gasteiger partial charge is 0.269 e. The Balaban J connectivity index is 1.44. The Morgan fingerprint density at radius 3 is 2.50 bits per heavy atom. The number of nitro groups is 1. The van der Waals surface area contributed by atoms with Gasteiger partial charge in [-0.3, -0.25) is 19.8 Å². The van der Waals surface area contributed by atoms with Crippen LogP contribution in [-0.2, 0) is 9.47 Å². The Hall–Kier alpha value is -2.34. The Morgan fingerprint density at radius 2 is 1.90 bits per heavy atom. The molecule has 30 heavy (non-hydrogen) atoms. The Morgan fingerprint density at radius 1 is 1.23 bits per heavy atom. The van der Waals surface area contributed by atoms with Gasteiger partial charge in [0, 0.05) is 38.1 Å². The molecule has 0 N–H and O–H groups in total. The van der Waals surface area contributed by atoms with Gasteiger partial charge in [0.15, 0.2) is 10.9 Å². The zero-order valence-corrected chi connectivity index (χ0v) is 17.2. The van der Waals surface area contributed by atoms with Crippen LogP contribution in [0.4, 0.5) is 5.69 Å². The lowest BCUT2D eigenvalue weighted by atomic mass is 9.95. The molecule has 2 aromatic rings. The second-order valence-corrected chi connectivity index (χ2v) is 8.78. The first-order valence-electron chi connectivity index (χ1n) is 9.87. The third-order valence-electron chi connectivity index (χ3n) is 5.87. The number of thioether (sulfide) groups is 1. The number of carbonyl (C=O) groups excluding carboxylic acids is 1. The highest BCUT2D eigenvalue weighted by molar-refractivity contribution is 8.00. The molecule has 1 aromatic carbocycles. The molecule has 0 saturated carbocycles. The van der Waals surface area contributed by atoms with Crippen LogP contribution in [0.5, 0.6) is 0 Å². The Bertz CT molecular complexity index is 978. The van der Waals surface area contributed by atoms with Crippen LogP contribution < -0.4 is 0 Å². The molecule has 1 spiro atoms. The number of piperidine rings is 1. The molecular formula is C19H21N5O5S. The second kappa shape index (κ2) is 7.41. The molecule has 0 amide bonds. The van der Waals surface area contributed by atoms with Gasteiger partial charge < -0.3 is 9.47 Å². The van der Waals surface area contributed by atoms with Crippen LogP contribution in [0, 0.1) is 17.0 Å². The van der Waals surface area contributed by atoms with Crippen LogP contribution in [0.25, 0.3) is 0 Å². The number of aromatic nitrogens is 3. The van der Waals surface area contributed by atoms with E-state index >= 15 is 0 Å². The summed E-state index contributed by atoms with van der Waals surface area (Å²) in [5.41, 5.74) is 0.886. The van der Waals surface area contributed by atoms with Crippen molar-refractivity contribution in [2.75, 3.05) is 26.3 Å². The average molecular weight is 431 g/mol. The Labute approximate surface area is 176 Å². The molecule has 3 aliphatic rings. The number of aryl methyl sites for hydroxylation is 1. The molecule has 2 saturated heterocycles. The van der Waals surface area contributed by atoms with Gasteiger partial charge in [0.05, 0.1) is 24.2 Å². The summed E-state index contributed by atoms with van der Waals surface area (Å²) in [7, 11) is 0. The van der Waals surface area contributed by atoms with Crippen LogP contribution in [0.3, 0.4) is 0 Å². The first kappa shape index (κ1) is 19.6. The number of rotatable bonds is 4. The monoisotopic (exact) mass is 431 g/mol.